The average molecular weight is 360 g/mol. The molecule has 142 valence electrons. The average Bonchev–Trinajstić information content (AvgIpc) is 2.68. The maximum atomic E-state index is 12.4. The number of carboxylic acids is 1. The van der Waals surface area contributed by atoms with Crippen molar-refractivity contribution in [3.63, 3.8) is 0 Å². The van der Waals surface area contributed by atoms with Gasteiger partial charge in [0.15, 0.2) is 0 Å². The molecule has 1 saturated carbocycles. The zero-order valence-electron chi connectivity index (χ0n) is 15.1. The van der Waals surface area contributed by atoms with E-state index in [1.165, 1.54) is 0 Å². The molecule has 0 unspecified atom stereocenters. The number of nitrogens with zero attached hydrogens (tertiary/aromatic N) is 2. The van der Waals surface area contributed by atoms with Crippen molar-refractivity contribution in [2.45, 2.75) is 44.6 Å². The van der Waals surface area contributed by atoms with Crippen LogP contribution >= 0.6 is 0 Å². The van der Waals surface area contributed by atoms with Gasteiger partial charge in [0.05, 0.1) is 5.56 Å². The van der Waals surface area contributed by atoms with Gasteiger partial charge in [-0.15, -0.1) is 0 Å². The van der Waals surface area contributed by atoms with Crippen LogP contribution in [0.4, 0.5) is 5.82 Å². The number of amides is 1. The molecule has 1 amide bonds. The lowest BCUT2D eigenvalue weighted by Gasteiger charge is -2.29. The number of rotatable bonds is 6. The quantitative estimate of drug-likeness (QED) is 0.714. The molecule has 26 heavy (non-hydrogen) atoms. The van der Waals surface area contributed by atoms with Gasteiger partial charge in [-0.2, -0.15) is 0 Å². The zero-order chi connectivity index (χ0) is 18.4. The molecule has 2 heterocycles. The van der Waals surface area contributed by atoms with Crippen molar-refractivity contribution in [3.05, 3.63) is 23.9 Å². The van der Waals surface area contributed by atoms with Crippen LogP contribution in [0.3, 0.4) is 0 Å². The van der Waals surface area contributed by atoms with Crippen LogP contribution in [0.15, 0.2) is 18.3 Å². The Bertz CT molecular complexity index is 606. The van der Waals surface area contributed by atoms with E-state index in [1.807, 2.05) is 12.1 Å². The molecule has 3 N–H and O–H groups in total. The van der Waals surface area contributed by atoms with Crippen LogP contribution in [0.2, 0.25) is 0 Å². The molecule has 0 bridgehead atoms. The van der Waals surface area contributed by atoms with E-state index in [-0.39, 0.29) is 18.4 Å². The van der Waals surface area contributed by atoms with Crippen LogP contribution in [-0.4, -0.2) is 54.2 Å². The summed E-state index contributed by atoms with van der Waals surface area (Å²) in [5, 5.41) is 15.2. The molecule has 0 radical (unpaired) electrons. The summed E-state index contributed by atoms with van der Waals surface area (Å²) in [5.74, 6) is 0.594. The van der Waals surface area contributed by atoms with E-state index in [9.17, 15) is 9.59 Å². The number of nitrogens with one attached hydrogen (secondary N) is 2. The third-order valence-corrected chi connectivity index (χ3v) is 5.40. The van der Waals surface area contributed by atoms with E-state index >= 15 is 0 Å². The standard InChI is InChI=1S/C19H28N4O3/c24-18(25)8-3-14-1-5-16(6-2-14)22-19(26)15-4-7-17(21-13-15)23-11-9-20-10-12-23/h4,7,13-14,16,20H,1-3,5-6,8-12H2,(H,22,26)(H,24,25). The Morgan fingerprint density at radius 3 is 2.54 bits per heavy atom. The van der Waals surface area contributed by atoms with Gasteiger partial charge < -0.3 is 20.6 Å². The summed E-state index contributed by atoms with van der Waals surface area (Å²) >= 11 is 0. The minimum Gasteiger partial charge on any atom is -0.481 e. The Hall–Kier alpha value is -2.15. The number of anilines is 1. The largest absolute Gasteiger partial charge is 0.481 e. The highest BCUT2D eigenvalue weighted by molar-refractivity contribution is 5.94. The van der Waals surface area contributed by atoms with Crippen molar-refractivity contribution in [1.82, 2.24) is 15.6 Å². The number of carbonyl (C=O) groups is 2. The van der Waals surface area contributed by atoms with E-state index < -0.39 is 5.97 Å². The van der Waals surface area contributed by atoms with Crippen molar-refractivity contribution in [2.24, 2.45) is 5.92 Å². The lowest BCUT2D eigenvalue weighted by Crippen LogP contribution is -2.44. The molecular formula is C19H28N4O3. The second kappa shape index (κ2) is 8.98. The monoisotopic (exact) mass is 360 g/mol. The predicted octanol–water partition coefficient (Wildman–Crippen LogP) is 1.64. The molecule has 7 heteroatoms. The number of aliphatic carboxylic acids is 1. The van der Waals surface area contributed by atoms with Crippen LogP contribution < -0.4 is 15.5 Å². The molecule has 1 aliphatic heterocycles. The summed E-state index contributed by atoms with van der Waals surface area (Å²) in [7, 11) is 0. The predicted molar refractivity (Wildman–Crippen MR) is 99.4 cm³/mol. The summed E-state index contributed by atoms with van der Waals surface area (Å²) in [5.41, 5.74) is 0.594. The van der Waals surface area contributed by atoms with Gasteiger partial charge in [0, 0.05) is 44.8 Å². The maximum absolute atomic E-state index is 12.4. The van der Waals surface area contributed by atoms with Gasteiger partial charge in [-0.25, -0.2) is 4.98 Å². The summed E-state index contributed by atoms with van der Waals surface area (Å²) in [6.07, 6.45) is 6.45. The number of pyridine rings is 1. The summed E-state index contributed by atoms with van der Waals surface area (Å²) in [4.78, 5) is 29.8. The normalized spacial score (nSPS) is 23.5. The Balaban J connectivity index is 1.45. The molecule has 2 aliphatic rings. The van der Waals surface area contributed by atoms with E-state index in [0.717, 1.165) is 64.1 Å². The number of carbonyl (C=O) groups excluding carboxylic acids is 1. The number of carboxylic acid groups (broad SMARTS) is 1. The highest BCUT2D eigenvalue weighted by Crippen LogP contribution is 2.28. The summed E-state index contributed by atoms with van der Waals surface area (Å²) in [6, 6.07) is 3.94. The van der Waals surface area contributed by atoms with Gasteiger partial charge in [0.2, 0.25) is 0 Å². The second-order valence-electron chi connectivity index (χ2n) is 7.27. The smallest absolute Gasteiger partial charge is 0.303 e. The van der Waals surface area contributed by atoms with Crippen molar-refractivity contribution in [2.75, 3.05) is 31.1 Å². The summed E-state index contributed by atoms with van der Waals surface area (Å²) in [6.45, 7) is 3.78. The van der Waals surface area contributed by atoms with Gasteiger partial charge in [0.25, 0.3) is 5.91 Å². The van der Waals surface area contributed by atoms with E-state index in [2.05, 4.69) is 20.5 Å². The van der Waals surface area contributed by atoms with Gasteiger partial charge in [-0.1, -0.05) is 0 Å². The first-order chi connectivity index (χ1) is 12.6. The van der Waals surface area contributed by atoms with E-state index in [0.29, 0.717) is 11.5 Å². The van der Waals surface area contributed by atoms with Gasteiger partial charge in [-0.3, -0.25) is 9.59 Å². The Morgan fingerprint density at radius 2 is 1.92 bits per heavy atom. The molecule has 0 aromatic carbocycles. The number of aromatic nitrogens is 1. The van der Waals surface area contributed by atoms with Gasteiger partial charge in [-0.05, 0) is 50.2 Å². The first-order valence-corrected chi connectivity index (χ1v) is 9.56. The Morgan fingerprint density at radius 1 is 1.19 bits per heavy atom. The fourth-order valence-corrected chi connectivity index (χ4v) is 3.79. The third-order valence-electron chi connectivity index (χ3n) is 5.40. The fourth-order valence-electron chi connectivity index (χ4n) is 3.79. The molecule has 1 aliphatic carbocycles. The van der Waals surface area contributed by atoms with Crippen LogP contribution in [0.1, 0.15) is 48.9 Å². The van der Waals surface area contributed by atoms with Crippen molar-refractivity contribution < 1.29 is 14.7 Å². The van der Waals surface area contributed by atoms with Crippen LogP contribution in [0.5, 0.6) is 0 Å². The van der Waals surface area contributed by atoms with Crippen LogP contribution in [0.25, 0.3) is 0 Å². The molecule has 0 spiro atoms. The maximum Gasteiger partial charge on any atom is 0.303 e. The highest BCUT2D eigenvalue weighted by Gasteiger charge is 2.23. The number of piperazine rings is 1. The van der Waals surface area contributed by atoms with Crippen molar-refractivity contribution in [3.8, 4) is 0 Å². The molecule has 3 rings (SSSR count). The molecule has 1 saturated heterocycles. The molecule has 2 fully saturated rings. The van der Waals surface area contributed by atoms with Crippen LogP contribution in [0, 0.1) is 5.92 Å². The topological polar surface area (TPSA) is 94.6 Å². The molecule has 1 aromatic heterocycles. The number of hydrogen-bond acceptors (Lipinski definition) is 5. The fraction of sp³-hybridized carbons (Fsp3) is 0.632. The molecule has 7 nitrogen and oxygen atoms in total. The Kier molecular flexibility index (Phi) is 6.44. The van der Waals surface area contributed by atoms with Gasteiger partial charge >= 0.3 is 5.97 Å². The van der Waals surface area contributed by atoms with Crippen molar-refractivity contribution >= 4 is 17.7 Å². The lowest BCUT2D eigenvalue weighted by molar-refractivity contribution is -0.137. The third kappa shape index (κ3) is 5.17. The first-order valence-electron chi connectivity index (χ1n) is 9.56. The highest BCUT2D eigenvalue weighted by atomic mass is 16.4. The Labute approximate surface area is 154 Å². The van der Waals surface area contributed by atoms with Crippen LogP contribution in [-0.2, 0) is 4.79 Å². The van der Waals surface area contributed by atoms with Crippen molar-refractivity contribution in [1.29, 1.82) is 0 Å². The molecule has 0 atom stereocenters. The SMILES string of the molecule is O=C(O)CCC1CCC(NC(=O)c2ccc(N3CCNCC3)nc2)CC1. The number of hydrogen-bond donors (Lipinski definition) is 3. The molecular weight excluding hydrogens is 332 g/mol. The lowest BCUT2D eigenvalue weighted by atomic mass is 9.83. The summed E-state index contributed by atoms with van der Waals surface area (Å²) < 4.78 is 0. The molecule has 1 aromatic rings. The minimum atomic E-state index is -0.725. The van der Waals surface area contributed by atoms with E-state index in [4.69, 9.17) is 5.11 Å². The van der Waals surface area contributed by atoms with Gasteiger partial charge in [0.1, 0.15) is 5.82 Å². The first kappa shape index (κ1) is 18.6. The second-order valence-corrected chi connectivity index (χ2v) is 7.27. The minimum absolute atomic E-state index is 0.0710. The zero-order valence-corrected chi connectivity index (χ0v) is 15.1. The van der Waals surface area contributed by atoms with E-state index in [1.54, 1.807) is 6.20 Å².